The van der Waals surface area contributed by atoms with Crippen LogP contribution < -0.4 is 9.47 Å². The van der Waals surface area contributed by atoms with E-state index in [1.165, 1.54) is 44.1 Å². The summed E-state index contributed by atoms with van der Waals surface area (Å²) in [6.07, 6.45) is 14.6. The van der Waals surface area contributed by atoms with Gasteiger partial charge < -0.3 is 9.47 Å². The Kier molecular flexibility index (Phi) is 10.8. The maximum atomic E-state index is 6.23. The molecule has 0 spiro atoms. The predicted molar refractivity (Wildman–Crippen MR) is 141 cm³/mol. The zero-order valence-corrected chi connectivity index (χ0v) is 21.0. The molecule has 1 aliphatic rings. The molecule has 0 N–H and O–H groups in total. The smallest absolute Gasteiger partial charge is 0.161 e. The van der Waals surface area contributed by atoms with Crippen LogP contribution >= 0.6 is 11.6 Å². The maximum Gasteiger partial charge on any atom is 0.161 e. The van der Waals surface area contributed by atoms with Gasteiger partial charge in [0.25, 0.3) is 0 Å². The minimum atomic E-state index is 0.720. The number of hydrogen-bond donors (Lipinski definition) is 0. The Balaban J connectivity index is 1.76. The second kappa shape index (κ2) is 14.1. The Morgan fingerprint density at radius 2 is 1.45 bits per heavy atom. The van der Waals surface area contributed by atoms with Crippen LogP contribution in [-0.2, 0) is 6.42 Å². The highest BCUT2D eigenvalue weighted by Crippen LogP contribution is 2.34. The molecule has 0 aromatic heterocycles. The Hall–Kier alpha value is -2.26. The van der Waals surface area contributed by atoms with E-state index in [2.05, 4.69) is 38.1 Å². The Bertz CT molecular complexity index is 918. The molecule has 0 saturated heterocycles. The maximum absolute atomic E-state index is 6.23. The molecule has 0 radical (unpaired) electrons. The summed E-state index contributed by atoms with van der Waals surface area (Å²) in [6.45, 7) is 6.71. The van der Waals surface area contributed by atoms with Crippen molar-refractivity contribution in [1.82, 2.24) is 0 Å². The van der Waals surface area contributed by atoms with Crippen LogP contribution in [0.15, 0.2) is 47.5 Å². The van der Waals surface area contributed by atoms with E-state index in [0.29, 0.717) is 0 Å². The van der Waals surface area contributed by atoms with Crippen LogP contribution in [0.3, 0.4) is 0 Å². The Morgan fingerprint density at radius 3 is 2.09 bits per heavy atom. The van der Waals surface area contributed by atoms with Gasteiger partial charge in [0, 0.05) is 17.1 Å². The number of hydrogen-bond acceptors (Lipinski definition) is 3. The third-order valence-corrected chi connectivity index (χ3v) is 6.18. The van der Waals surface area contributed by atoms with E-state index in [1.807, 2.05) is 24.3 Å². The van der Waals surface area contributed by atoms with Gasteiger partial charge in [-0.25, -0.2) is 0 Å². The lowest BCUT2D eigenvalue weighted by molar-refractivity contribution is 0.258. The molecule has 33 heavy (non-hydrogen) atoms. The van der Waals surface area contributed by atoms with Gasteiger partial charge in [0.15, 0.2) is 11.5 Å². The van der Waals surface area contributed by atoms with Gasteiger partial charge in [-0.2, -0.15) is 0 Å². The fourth-order valence-corrected chi connectivity index (χ4v) is 4.09. The van der Waals surface area contributed by atoms with E-state index in [-0.39, 0.29) is 0 Å². The molecule has 0 unspecified atom stereocenters. The molecule has 178 valence electrons. The van der Waals surface area contributed by atoms with Crippen molar-refractivity contribution < 1.29 is 9.47 Å². The molecule has 4 heteroatoms. The van der Waals surface area contributed by atoms with Gasteiger partial charge in [-0.3, -0.25) is 4.99 Å². The molecular weight excluding hydrogens is 430 g/mol. The van der Waals surface area contributed by atoms with Gasteiger partial charge in [0.1, 0.15) is 0 Å². The van der Waals surface area contributed by atoms with Gasteiger partial charge in [-0.15, -0.1) is 0 Å². The number of nitrogens with zero attached hydrogens (tertiary/aromatic N) is 1. The van der Waals surface area contributed by atoms with Gasteiger partial charge in [-0.05, 0) is 60.7 Å². The SMILES string of the molecule is CCCCCCOc1cc2c(cc1OCCCCCC)C(/C=C/c1ccc(Cl)cc1)=NCC2. The molecule has 1 heterocycles. The van der Waals surface area contributed by atoms with Crippen molar-refractivity contribution in [3.8, 4) is 11.5 Å². The van der Waals surface area contributed by atoms with Gasteiger partial charge in [0.05, 0.1) is 18.9 Å². The van der Waals surface area contributed by atoms with Crippen molar-refractivity contribution >= 4 is 23.4 Å². The second-order valence-electron chi connectivity index (χ2n) is 8.68. The zero-order valence-electron chi connectivity index (χ0n) is 20.2. The molecule has 0 aliphatic carbocycles. The van der Waals surface area contributed by atoms with E-state index in [4.69, 9.17) is 26.1 Å². The molecule has 0 fully saturated rings. The highest BCUT2D eigenvalue weighted by molar-refractivity contribution is 6.30. The number of benzene rings is 2. The van der Waals surface area contributed by atoms with Gasteiger partial charge in [-0.1, -0.05) is 82.2 Å². The number of allylic oxidation sites excluding steroid dienone is 1. The average molecular weight is 468 g/mol. The molecule has 0 amide bonds. The van der Waals surface area contributed by atoms with Crippen molar-refractivity contribution in [2.75, 3.05) is 19.8 Å². The summed E-state index contributed by atoms with van der Waals surface area (Å²) in [5.74, 6) is 1.72. The van der Waals surface area contributed by atoms with Crippen LogP contribution in [-0.4, -0.2) is 25.5 Å². The van der Waals surface area contributed by atoms with Crippen LogP contribution in [0.25, 0.3) is 6.08 Å². The molecular formula is C29H38ClNO2. The van der Waals surface area contributed by atoms with Crippen LogP contribution in [0, 0.1) is 0 Å². The first-order valence-electron chi connectivity index (χ1n) is 12.6. The molecule has 3 rings (SSSR count). The predicted octanol–water partition coefficient (Wildman–Crippen LogP) is 8.32. The van der Waals surface area contributed by atoms with Gasteiger partial charge in [0.2, 0.25) is 0 Å². The quantitative estimate of drug-likeness (QED) is 0.261. The molecule has 0 atom stereocenters. The molecule has 2 aromatic carbocycles. The third-order valence-electron chi connectivity index (χ3n) is 5.92. The van der Waals surface area contributed by atoms with E-state index >= 15 is 0 Å². The second-order valence-corrected chi connectivity index (χ2v) is 9.11. The summed E-state index contributed by atoms with van der Waals surface area (Å²) < 4.78 is 12.4. The summed E-state index contributed by atoms with van der Waals surface area (Å²) in [7, 11) is 0. The fourth-order valence-electron chi connectivity index (χ4n) is 3.97. The summed E-state index contributed by atoms with van der Waals surface area (Å²) in [5, 5.41) is 0.746. The number of unbranched alkanes of at least 4 members (excludes halogenated alkanes) is 6. The Labute approximate surface area is 204 Å². The van der Waals surface area contributed by atoms with Crippen molar-refractivity contribution in [1.29, 1.82) is 0 Å². The minimum Gasteiger partial charge on any atom is -0.490 e. The molecule has 0 saturated carbocycles. The number of fused-ring (bicyclic) bond motifs is 1. The van der Waals surface area contributed by atoms with Gasteiger partial charge >= 0.3 is 0 Å². The minimum absolute atomic E-state index is 0.720. The van der Waals surface area contributed by atoms with Crippen LogP contribution in [0.1, 0.15) is 81.9 Å². The standard InChI is InChI=1S/C29H38ClNO2/c1-3-5-7-9-19-32-28-21-24-17-18-31-27(16-13-23-11-14-25(30)15-12-23)26(24)22-29(28)33-20-10-8-6-4-2/h11-16,21-22H,3-10,17-20H2,1-2H3/b16-13+. The summed E-state index contributed by atoms with van der Waals surface area (Å²) >= 11 is 6.02. The number of halogens is 1. The monoisotopic (exact) mass is 467 g/mol. The summed E-state index contributed by atoms with van der Waals surface area (Å²) in [4.78, 5) is 4.80. The van der Waals surface area contributed by atoms with Crippen molar-refractivity contribution in [3.05, 3.63) is 64.2 Å². The average Bonchev–Trinajstić information content (AvgIpc) is 2.83. The molecule has 2 aromatic rings. The van der Waals surface area contributed by atoms with E-state index in [1.54, 1.807) is 0 Å². The lowest BCUT2D eigenvalue weighted by Gasteiger charge is -2.20. The molecule has 3 nitrogen and oxygen atoms in total. The number of aliphatic imine (C=N–C) groups is 1. The lowest BCUT2D eigenvalue weighted by Crippen LogP contribution is -2.13. The first-order chi connectivity index (χ1) is 16.2. The molecule has 0 bridgehead atoms. The topological polar surface area (TPSA) is 30.8 Å². The van der Waals surface area contributed by atoms with Crippen molar-refractivity contribution in [2.45, 2.75) is 71.6 Å². The fraction of sp³-hybridized carbons (Fsp3) is 0.483. The van der Waals surface area contributed by atoms with E-state index < -0.39 is 0 Å². The normalized spacial score (nSPS) is 13.1. The van der Waals surface area contributed by atoms with Crippen molar-refractivity contribution in [2.24, 2.45) is 4.99 Å². The number of rotatable bonds is 14. The van der Waals surface area contributed by atoms with E-state index in [0.717, 1.165) is 72.4 Å². The van der Waals surface area contributed by atoms with Crippen LogP contribution in [0.2, 0.25) is 5.02 Å². The summed E-state index contributed by atoms with van der Waals surface area (Å²) in [6, 6.07) is 12.2. The van der Waals surface area contributed by atoms with E-state index in [9.17, 15) is 0 Å². The lowest BCUT2D eigenvalue weighted by atomic mass is 9.96. The summed E-state index contributed by atoms with van der Waals surface area (Å²) in [5.41, 5.74) is 4.53. The third kappa shape index (κ3) is 8.23. The van der Waals surface area contributed by atoms with Crippen molar-refractivity contribution in [3.63, 3.8) is 0 Å². The zero-order chi connectivity index (χ0) is 23.3. The van der Waals surface area contributed by atoms with Crippen LogP contribution in [0.4, 0.5) is 0 Å². The first-order valence-corrected chi connectivity index (χ1v) is 13.0. The van der Waals surface area contributed by atoms with Crippen LogP contribution in [0.5, 0.6) is 11.5 Å². The first kappa shape index (κ1) is 25.4. The number of ether oxygens (including phenoxy) is 2. The Morgan fingerprint density at radius 1 is 0.818 bits per heavy atom. The largest absolute Gasteiger partial charge is 0.490 e. The highest BCUT2D eigenvalue weighted by Gasteiger charge is 2.18. The highest BCUT2D eigenvalue weighted by atomic mass is 35.5. The molecule has 1 aliphatic heterocycles.